The minimum Gasteiger partial charge on any atom is -0.256 e. The Morgan fingerprint density at radius 2 is 0.540 bits per heavy atom. The van der Waals surface area contributed by atoms with Crippen molar-refractivity contribution in [3.8, 4) is 101 Å². The smallest absolute Gasteiger partial charge is 0.0972 e. The number of fused-ring (bicyclic) bond motifs is 20. The van der Waals surface area contributed by atoms with Gasteiger partial charge in [-0.2, -0.15) is 0 Å². The van der Waals surface area contributed by atoms with Gasteiger partial charge in [0, 0.05) is 66.9 Å². The van der Waals surface area contributed by atoms with E-state index in [0.29, 0.717) is 0 Å². The van der Waals surface area contributed by atoms with E-state index in [2.05, 4.69) is 414 Å². The Bertz CT molecular complexity index is 8310. The summed E-state index contributed by atoms with van der Waals surface area (Å²) in [6, 6.07) is 131. The topological polar surface area (TPSA) is 51.6 Å². The Kier molecular flexibility index (Phi) is 17.0. The van der Waals surface area contributed by atoms with Crippen molar-refractivity contribution in [3.05, 3.63) is 420 Å². The number of hydrogen-bond acceptors (Lipinski definition) is 4. The van der Waals surface area contributed by atoms with Crippen molar-refractivity contribution in [2.75, 3.05) is 0 Å². The molecule has 22 aromatic rings. The molecule has 4 aromatic heterocycles. The van der Waals surface area contributed by atoms with Crippen molar-refractivity contribution in [2.24, 2.45) is 0 Å². The van der Waals surface area contributed by atoms with Crippen LogP contribution >= 0.6 is 0 Å². The predicted octanol–water partition coefficient (Wildman–Crippen LogP) is 32.0. The number of pyridine rings is 4. The average Bonchev–Trinajstić information content (AvgIpc) is 1.22. The van der Waals surface area contributed by atoms with Gasteiger partial charge < -0.3 is 0 Å². The average molecular weight is 1590 g/mol. The van der Waals surface area contributed by atoms with Crippen LogP contribution in [0.25, 0.3) is 209 Å². The van der Waals surface area contributed by atoms with Crippen molar-refractivity contribution in [1.82, 2.24) is 19.9 Å². The lowest BCUT2D eigenvalue weighted by atomic mass is 9.81. The number of rotatable bonds is 6. The summed E-state index contributed by atoms with van der Waals surface area (Å²) in [6.07, 6.45) is 3.80. The molecule has 0 radical (unpaired) electrons. The Morgan fingerprint density at radius 1 is 0.202 bits per heavy atom. The molecule has 0 bridgehead atoms. The molecule has 3 aliphatic rings. The van der Waals surface area contributed by atoms with Crippen LogP contribution in [0.5, 0.6) is 0 Å². The third-order valence-electron chi connectivity index (χ3n) is 27.6. The number of para-hydroxylation sites is 1. The van der Waals surface area contributed by atoms with Gasteiger partial charge in [-0.3, -0.25) is 9.97 Å². The normalized spacial score (nSPS) is 13.6. The van der Waals surface area contributed by atoms with Crippen LogP contribution in [0.1, 0.15) is 91.6 Å². The Labute approximate surface area is 722 Å². The van der Waals surface area contributed by atoms with Gasteiger partial charge in [-0.25, -0.2) is 9.97 Å². The molecule has 0 spiro atoms. The van der Waals surface area contributed by atoms with Gasteiger partial charge in [0.05, 0.1) is 33.6 Å². The number of nitrogens with zero attached hydrogens (tertiary/aromatic N) is 4. The first-order valence-corrected chi connectivity index (χ1v) is 43.5. The maximum atomic E-state index is 5.32. The van der Waals surface area contributed by atoms with Gasteiger partial charge in [-0.15, -0.1) is 0 Å². The third-order valence-corrected chi connectivity index (χ3v) is 27.6. The van der Waals surface area contributed by atoms with Gasteiger partial charge in [-0.05, 0) is 239 Å². The SMILES string of the molecule is Cc1ccc2c(-c3ccc4ccc5cccnc5c4n3)c3ccccc3c(-c3ccc4c(c3)-c3ccccc3C4(C)C)c2c1.Cc1ccc2c(-c3ccc4ccccc4n3)c3ccccc3c(-c3ccc4c(c3)-c3ccccc3C4(C)C)c2c1.Cc1ccc2c(-c3nccc4ccccc34)c3ccccc3c(-c3ccc4c(c3)-c3ccccc3C4(C)C)c2c1. The van der Waals surface area contributed by atoms with Gasteiger partial charge in [-0.1, -0.05) is 368 Å². The highest BCUT2D eigenvalue weighted by atomic mass is 14.8. The number of benzene rings is 18. The van der Waals surface area contributed by atoms with Crippen LogP contribution in [0, 0.1) is 20.8 Å². The van der Waals surface area contributed by atoms with Crippen molar-refractivity contribution in [2.45, 2.75) is 78.6 Å². The lowest BCUT2D eigenvalue weighted by Crippen LogP contribution is -2.14. The summed E-state index contributed by atoms with van der Waals surface area (Å²) in [4.78, 5) is 20.2. The molecule has 4 nitrogen and oxygen atoms in total. The molecule has 4 heterocycles. The minimum atomic E-state index is -0.0180. The molecule has 18 aromatic carbocycles. The zero-order valence-electron chi connectivity index (χ0n) is 71.0. The molecule has 4 heteroatoms. The standard InChI is InChI=1S/C42H30N2.2C39H29N/c1-25-14-19-32-34(23-25)38(28-17-20-36-33(24-28)29-10-6-7-13-35(29)42(36,2)3)30-11-4-5-12-31(30)39(32)37-21-18-27-16-15-26-9-8-22-43-40(26)41(27)44-37;1-24-16-19-30-32(22-24)37(26-17-20-34-31(23-26)27-11-7-8-14-33(27)39(34,2)3)28-12-5-6-13-29(28)38(30)36-21-18-25-10-4-9-15-35(25)40-36;1-24-16-18-31-33(22-24)36(26-17-19-35-32(23-26)28-12-8-9-15-34(28)39(35,2)3)29-13-6-7-14-30(29)37(31)38-27-11-5-4-10-25(27)20-21-40-38/h4-24H,1-3H3;2*4-23H,1-3H3. The van der Waals surface area contributed by atoms with Crippen LogP contribution in [0.4, 0.5) is 0 Å². The van der Waals surface area contributed by atoms with E-state index in [9.17, 15) is 0 Å². The molecule has 0 saturated heterocycles. The van der Waals surface area contributed by atoms with E-state index < -0.39 is 0 Å². The van der Waals surface area contributed by atoms with Crippen molar-refractivity contribution in [1.29, 1.82) is 0 Å². The molecule has 0 unspecified atom stereocenters. The first-order chi connectivity index (χ1) is 60.5. The molecule has 3 aliphatic carbocycles. The molecule has 0 saturated carbocycles. The quantitative estimate of drug-likeness (QED) is 0.123. The maximum Gasteiger partial charge on any atom is 0.0972 e. The fraction of sp³-hybridized carbons (Fsp3) is 0.100. The monoisotopic (exact) mass is 1580 g/mol. The summed E-state index contributed by atoms with van der Waals surface area (Å²) in [5, 5.41) is 20.7. The van der Waals surface area contributed by atoms with Crippen LogP contribution in [0.15, 0.2) is 370 Å². The van der Waals surface area contributed by atoms with Gasteiger partial charge >= 0.3 is 0 Å². The van der Waals surface area contributed by atoms with E-state index in [-0.39, 0.29) is 16.2 Å². The van der Waals surface area contributed by atoms with Gasteiger partial charge in [0.1, 0.15) is 0 Å². The van der Waals surface area contributed by atoms with Crippen molar-refractivity contribution in [3.63, 3.8) is 0 Å². The van der Waals surface area contributed by atoms with Crippen LogP contribution < -0.4 is 0 Å². The molecule has 0 atom stereocenters. The summed E-state index contributed by atoms with van der Waals surface area (Å²) in [5.41, 5.74) is 37.4. The Hall–Kier alpha value is -14.8. The molecule has 0 fully saturated rings. The molecule has 25 rings (SSSR count). The minimum absolute atomic E-state index is 0.00318. The molecule has 0 amide bonds. The lowest BCUT2D eigenvalue weighted by Gasteiger charge is -2.22. The Balaban J connectivity index is 0.000000108. The highest BCUT2D eigenvalue weighted by molar-refractivity contribution is 6.26. The van der Waals surface area contributed by atoms with Gasteiger partial charge in [0.2, 0.25) is 0 Å². The lowest BCUT2D eigenvalue weighted by molar-refractivity contribution is 0.660. The van der Waals surface area contributed by atoms with Crippen LogP contribution in [0.3, 0.4) is 0 Å². The predicted molar refractivity (Wildman–Crippen MR) is 525 cm³/mol. The number of aryl methyl sites for hydroxylation is 3. The molecular formula is C120H88N4. The molecule has 0 aliphatic heterocycles. The van der Waals surface area contributed by atoms with Crippen LogP contribution in [0.2, 0.25) is 0 Å². The fourth-order valence-electron chi connectivity index (χ4n) is 21.6. The first kappa shape index (κ1) is 74.2. The first-order valence-electron chi connectivity index (χ1n) is 43.5. The van der Waals surface area contributed by atoms with Crippen molar-refractivity contribution < 1.29 is 0 Å². The Morgan fingerprint density at radius 3 is 1.01 bits per heavy atom. The summed E-state index contributed by atoms with van der Waals surface area (Å²) in [7, 11) is 0. The summed E-state index contributed by atoms with van der Waals surface area (Å²) in [6.45, 7) is 20.6. The van der Waals surface area contributed by atoms with Crippen molar-refractivity contribution >= 4 is 108 Å². The highest BCUT2D eigenvalue weighted by Gasteiger charge is 2.39. The van der Waals surface area contributed by atoms with Crippen LogP contribution in [-0.4, -0.2) is 19.9 Å². The van der Waals surface area contributed by atoms with Gasteiger partial charge in [0.15, 0.2) is 0 Å². The molecule has 588 valence electrons. The maximum absolute atomic E-state index is 5.32. The zero-order valence-corrected chi connectivity index (χ0v) is 71.0. The van der Waals surface area contributed by atoms with E-state index in [1.165, 1.54) is 209 Å². The summed E-state index contributed by atoms with van der Waals surface area (Å²) in [5.74, 6) is 0. The molecule has 124 heavy (non-hydrogen) atoms. The second kappa shape index (κ2) is 28.4. The second-order valence-electron chi connectivity index (χ2n) is 36.0. The largest absolute Gasteiger partial charge is 0.256 e. The fourth-order valence-corrected chi connectivity index (χ4v) is 21.6. The van der Waals surface area contributed by atoms with E-state index >= 15 is 0 Å². The van der Waals surface area contributed by atoms with E-state index in [0.717, 1.165) is 49.8 Å². The van der Waals surface area contributed by atoms with Gasteiger partial charge in [0.25, 0.3) is 0 Å². The van der Waals surface area contributed by atoms with E-state index in [1.807, 2.05) is 18.5 Å². The van der Waals surface area contributed by atoms with Crippen LogP contribution in [-0.2, 0) is 16.2 Å². The van der Waals surface area contributed by atoms with E-state index in [1.54, 1.807) is 0 Å². The number of aromatic nitrogens is 4. The molecule has 0 N–H and O–H groups in total. The summed E-state index contributed by atoms with van der Waals surface area (Å²) >= 11 is 0. The zero-order chi connectivity index (χ0) is 83.6. The number of hydrogen-bond donors (Lipinski definition) is 0. The third kappa shape index (κ3) is 11.6. The van der Waals surface area contributed by atoms with E-state index in [4.69, 9.17) is 19.9 Å². The molecular weight excluding hydrogens is 1500 g/mol. The summed E-state index contributed by atoms with van der Waals surface area (Å²) < 4.78 is 0. The second-order valence-corrected chi connectivity index (χ2v) is 36.0. The highest BCUT2D eigenvalue weighted by Crippen LogP contribution is 2.56.